The number of ether oxygens (including phenoxy) is 2. The number of benzene rings is 2. The fraction of sp³-hybridized carbons (Fsp3) is 0.125. The van der Waals surface area contributed by atoms with Gasteiger partial charge in [0.1, 0.15) is 17.1 Å². The van der Waals surface area contributed by atoms with Crippen molar-refractivity contribution in [2.45, 2.75) is 6.92 Å². The van der Waals surface area contributed by atoms with Crippen molar-refractivity contribution in [3.05, 3.63) is 72.1 Å². The Hall–Kier alpha value is -4.13. The maximum absolute atomic E-state index is 13.3. The third kappa shape index (κ3) is 4.11. The SMILES string of the molecule is COc1cc(OC)cc(C(=O)c2c[nH]c3ncc(-c4cccc(NC(C)=O)c4)cc23)c1. The number of hydrogen-bond acceptors (Lipinski definition) is 5. The Labute approximate surface area is 179 Å². The van der Waals surface area contributed by atoms with Gasteiger partial charge < -0.3 is 19.8 Å². The minimum Gasteiger partial charge on any atom is -0.497 e. The summed E-state index contributed by atoms with van der Waals surface area (Å²) in [4.78, 5) is 32.2. The van der Waals surface area contributed by atoms with Crippen LogP contribution < -0.4 is 14.8 Å². The van der Waals surface area contributed by atoms with Gasteiger partial charge in [0.15, 0.2) is 5.78 Å². The molecule has 2 N–H and O–H groups in total. The van der Waals surface area contributed by atoms with Crippen LogP contribution in [-0.2, 0) is 4.79 Å². The van der Waals surface area contributed by atoms with Crippen LogP contribution in [0.3, 0.4) is 0 Å². The molecule has 0 atom stereocenters. The molecule has 1 amide bonds. The van der Waals surface area contributed by atoms with E-state index in [0.717, 1.165) is 11.1 Å². The highest BCUT2D eigenvalue weighted by atomic mass is 16.5. The Bertz CT molecular complexity index is 1270. The number of methoxy groups -OCH3 is 2. The summed E-state index contributed by atoms with van der Waals surface area (Å²) in [5.41, 5.74) is 3.96. The van der Waals surface area contributed by atoms with Crippen molar-refractivity contribution in [2.75, 3.05) is 19.5 Å². The summed E-state index contributed by atoms with van der Waals surface area (Å²) in [7, 11) is 3.08. The van der Waals surface area contributed by atoms with E-state index in [1.807, 2.05) is 30.3 Å². The van der Waals surface area contributed by atoms with E-state index >= 15 is 0 Å². The molecule has 2 aromatic heterocycles. The number of rotatable bonds is 6. The van der Waals surface area contributed by atoms with E-state index in [2.05, 4.69) is 15.3 Å². The van der Waals surface area contributed by atoms with Crippen LogP contribution in [-0.4, -0.2) is 35.9 Å². The molecule has 4 rings (SSSR count). The zero-order valence-corrected chi connectivity index (χ0v) is 17.4. The van der Waals surface area contributed by atoms with E-state index in [0.29, 0.717) is 39.3 Å². The Balaban J connectivity index is 1.76. The average Bonchev–Trinajstić information content (AvgIpc) is 3.21. The number of hydrogen-bond donors (Lipinski definition) is 2. The van der Waals surface area contributed by atoms with Gasteiger partial charge in [-0.1, -0.05) is 12.1 Å². The summed E-state index contributed by atoms with van der Waals surface area (Å²) >= 11 is 0. The van der Waals surface area contributed by atoms with Gasteiger partial charge in [-0.05, 0) is 35.9 Å². The molecule has 7 nitrogen and oxygen atoms in total. The molecule has 0 radical (unpaired) electrons. The number of ketones is 1. The maximum atomic E-state index is 13.3. The van der Waals surface area contributed by atoms with Crippen molar-refractivity contribution in [2.24, 2.45) is 0 Å². The van der Waals surface area contributed by atoms with Crippen LogP contribution in [0, 0.1) is 0 Å². The molecule has 7 heteroatoms. The van der Waals surface area contributed by atoms with E-state index in [4.69, 9.17) is 9.47 Å². The molecule has 4 aromatic rings. The highest BCUT2D eigenvalue weighted by molar-refractivity contribution is 6.16. The van der Waals surface area contributed by atoms with Gasteiger partial charge in [-0.2, -0.15) is 0 Å². The zero-order chi connectivity index (χ0) is 22.0. The van der Waals surface area contributed by atoms with Crippen molar-refractivity contribution >= 4 is 28.4 Å². The summed E-state index contributed by atoms with van der Waals surface area (Å²) in [5, 5.41) is 3.48. The van der Waals surface area contributed by atoms with Gasteiger partial charge in [-0.25, -0.2) is 4.98 Å². The molecule has 0 saturated carbocycles. The quantitative estimate of drug-likeness (QED) is 0.454. The molecule has 2 heterocycles. The Morgan fingerprint density at radius 2 is 1.71 bits per heavy atom. The molecule has 2 aromatic carbocycles. The molecule has 0 saturated heterocycles. The fourth-order valence-corrected chi connectivity index (χ4v) is 3.42. The second kappa shape index (κ2) is 8.31. The van der Waals surface area contributed by atoms with Gasteiger partial charge in [0, 0.05) is 53.1 Å². The van der Waals surface area contributed by atoms with Crippen LogP contribution in [0.5, 0.6) is 11.5 Å². The van der Waals surface area contributed by atoms with E-state index in [1.54, 1.807) is 44.8 Å². The first-order valence-electron chi connectivity index (χ1n) is 9.61. The number of fused-ring (bicyclic) bond motifs is 1. The van der Waals surface area contributed by atoms with Gasteiger partial charge in [0.25, 0.3) is 0 Å². The first-order valence-corrected chi connectivity index (χ1v) is 9.61. The number of nitrogens with zero attached hydrogens (tertiary/aromatic N) is 1. The first-order chi connectivity index (χ1) is 15.0. The molecule has 156 valence electrons. The van der Waals surface area contributed by atoms with Crippen LogP contribution in [0.2, 0.25) is 0 Å². The van der Waals surface area contributed by atoms with Crippen LogP contribution >= 0.6 is 0 Å². The molecule has 31 heavy (non-hydrogen) atoms. The van der Waals surface area contributed by atoms with Crippen molar-refractivity contribution in [3.63, 3.8) is 0 Å². The summed E-state index contributed by atoms with van der Waals surface area (Å²) in [6.45, 7) is 1.46. The molecular weight excluding hydrogens is 394 g/mol. The highest BCUT2D eigenvalue weighted by Crippen LogP contribution is 2.29. The molecule has 0 aliphatic carbocycles. The number of aromatic amines is 1. The number of nitrogens with one attached hydrogen (secondary N) is 2. The predicted molar refractivity (Wildman–Crippen MR) is 119 cm³/mol. The normalized spacial score (nSPS) is 10.7. The summed E-state index contributed by atoms with van der Waals surface area (Å²) in [6, 6.07) is 14.5. The molecule has 0 aliphatic heterocycles. The second-order valence-electron chi connectivity index (χ2n) is 7.01. The van der Waals surface area contributed by atoms with Gasteiger partial charge >= 0.3 is 0 Å². The smallest absolute Gasteiger partial charge is 0.221 e. The van der Waals surface area contributed by atoms with Crippen molar-refractivity contribution in [1.82, 2.24) is 9.97 Å². The lowest BCUT2D eigenvalue weighted by Crippen LogP contribution is -2.05. The molecule has 0 fully saturated rings. The number of H-pyrrole nitrogens is 1. The number of anilines is 1. The highest BCUT2D eigenvalue weighted by Gasteiger charge is 2.17. The number of carbonyl (C=O) groups is 2. The molecule has 0 unspecified atom stereocenters. The fourth-order valence-electron chi connectivity index (χ4n) is 3.42. The standard InChI is InChI=1S/C24H21N3O4/c1-14(28)27-18-6-4-5-15(7-18)17-10-21-22(13-26-24(21)25-12-17)23(29)16-8-19(30-2)11-20(9-16)31-3/h4-13H,1-3H3,(H,25,26)(H,27,28). The van der Waals surface area contributed by atoms with E-state index in [1.165, 1.54) is 6.92 Å². The Morgan fingerprint density at radius 1 is 0.968 bits per heavy atom. The van der Waals surface area contributed by atoms with Gasteiger partial charge in [-0.3, -0.25) is 9.59 Å². The van der Waals surface area contributed by atoms with E-state index in [-0.39, 0.29) is 11.7 Å². The van der Waals surface area contributed by atoms with Crippen LogP contribution in [0.25, 0.3) is 22.2 Å². The predicted octanol–water partition coefficient (Wildman–Crippen LogP) is 4.44. The molecule has 0 aliphatic rings. The number of pyridine rings is 1. The monoisotopic (exact) mass is 415 g/mol. The van der Waals surface area contributed by atoms with Crippen LogP contribution in [0.15, 0.2) is 60.9 Å². The average molecular weight is 415 g/mol. The lowest BCUT2D eigenvalue weighted by atomic mass is 10.0. The third-order valence-electron chi connectivity index (χ3n) is 4.91. The second-order valence-corrected chi connectivity index (χ2v) is 7.01. The summed E-state index contributed by atoms with van der Waals surface area (Å²) in [6.07, 6.45) is 3.39. The van der Waals surface area contributed by atoms with Gasteiger partial charge in [-0.15, -0.1) is 0 Å². The maximum Gasteiger partial charge on any atom is 0.221 e. The summed E-state index contributed by atoms with van der Waals surface area (Å²) < 4.78 is 10.6. The van der Waals surface area contributed by atoms with Crippen molar-refractivity contribution in [1.29, 1.82) is 0 Å². The number of carbonyl (C=O) groups excluding carboxylic acids is 2. The Morgan fingerprint density at radius 3 is 2.39 bits per heavy atom. The number of amides is 1. The zero-order valence-electron chi connectivity index (χ0n) is 17.4. The molecule has 0 spiro atoms. The van der Waals surface area contributed by atoms with E-state index in [9.17, 15) is 9.59 Å². The molecule has 0 bridgehead atoms. The van der Waals surface area contributed by atoms with Crippen molar-refractivity contribution in [3.8, 4) is 22.6 Å². The lowest BCUT2D eigenvalue weighted by Gasteiger charge is -2.08. The third-order valence-corrected chi connectivity index (χ3v) is 4.91. The van der Waals surface area contributed by atoms with Crippen molar-refractivity contribution < 1.29 is 19.1 Å². The van der Waals surface area contributed by atoms with Gasteiger partial charge in [0.2, 0.25) is 5.91 Å². The minimum absolute atomic E-state index is 0.141. The number of aromatic nitrogens is 2. The minimum atomic E-state index is -0.172. The topological polar surface area (TPSA) is 93.3 Å². The van der Waals surface area contributed by atoms with Gasteiger partial charge in [0.05, 0.1) is 14.2 Å². The summed E-state index contributed by atoms with van der Waals surface area (Å²) in [5.74, 6) is 0.764. The lowest BCUT2D eigenvalue weighted by molar-refractivity contribution is -0.114. The van der Waals surface area contributed by atoms with E-state index < -0.39 is 0 Å². The van der Waals surface area contributed by atoms with Crippen LogP contribution in [0.1, 0.15) is 22.8 Å². The first kappa shape index (κ1) is 20.2. The Kier molecular flexibility index (Phi) is 5.41. The van der Waals surface area contributed by atoms with Crippen LogP contribution in [0.4, 0.5) is 5.69 Å². The largest absolute Gasteiger partial charge is 0.497 e. The molecular formula is C24H21N3O4.